The highest BCUT2D eigenvalue weighted by molar-refractivity contribution is 5.79. The Labute approximate surface area is 146 Å². The predicted octanol–water partition coefficient (Wildman–Crippen LogP) is 2.72. The molecule has 4 rings (SSSR count). The van der Waals surface area contributed by atoms with Crippen molar-refractivity contribution >= 4 is 5.91 Å². The number of rotatable bonds is 6. The molecule has 1 aliphatic carbocycles. The van der Waals surface area contributed by atoms with Crippen LogP contribution in [0.5, 0.6) is 0 Å². The number of aromatic nitrogens is 3. The number of carbonyl (C=O) groups is 1. The second-order valence-corrected chi connectivity index (χ2v) is 7.22. The lowest BCUT2D eigenvalue weighted by molar-refractivity contribution is -0.131. The average Bonchev–Trinajstić information content (AvgIpc) is 3.03. The highest BCUT2D eigenvalue weighted by atomic mass is 16.5. The minimum atomic E-state index is 0.156. The summed E-state index contributed by atoms with van der Waals surface area (Å²) in [6, 6.07) is 0.260. The molecule has 2 aromatic heterocycles. The lowest BCUT2D eigenvalue weighted by Crippen LogP contribution is -2.37. The lowest BCUT2D eigenvalue weighted by atomic mass is 10.1. The maximum Gasteiger partial charge on any atom is 0.229 e. The van der Waals surface area contributed by atoms with Gasteiger partial charge in [0.25, 0.3) is 0 Å². The van der Waals surface area contributed by atoms with E-state index in [-0.39, 0.29) is 11.9 Å². The Kier molecular flexibility index (Phi) is 4.31. The summed E-state index contributed by atoms with van der Waals surface area (Å²) < 4.78 is 10.5. The van der Waals surface area contributed by atoms with Gasteiger partial charge in [-0.05, 0) is 46.0 Å². The zero-order valence-corrected chi connectivity index (χ0v) is 14.8. The Hall–Kier alpha value is -2.18. The van der Waals surface area contributed by atoms with Crippen molar-refractivity contribution in [2.45, 2.75) is 70.8 Å². The van der Waals surface area contributed by atoms with Gasteiger partial charge in [-0.3, -0.25) is 4.79 Å². The number of nitrogens with zero attached hydrogens (tertiary/aromatic N) is 4. The third kappa shape index (κ3) is 3.45. The van der Waals surface area contributed by atoms with Crippen LogP contribution in [0.4, 0.5) is 0 Å². The number of amides is 1. The Morgan fingerprint density at radius 1 is 1.20 bits per heavy atom. The molecule has 1 saturated carbocycles. The zero-order valence-electron chi connectivity index (χ0n) is 14.8. The summed E-state index contributed by atoms with van der Waals surface area (Å²) in [6.07, 6.45) is 6.43. The van der Waals surface area contributed by atoms with E-state index in [4.69, 9.17) is 9.05 Å². The Morgan fingerprint density at radius 3 is 2.76 bits per heavy atom. The van der Waals surface area contributed by atoms with Gasteiger partial charge in [-0.2, -0.15) is 4.98 Å². The maximum absolute atomic E-state index is 12.7. The van der Waals surface area contributed by atoms with Crippen LogP contribution >= 0.6 is 0 Å². The molecule has 1 amide bonds. The smallest absolute Gasteiger partial charge is 0.229 e. The third-order valence-electron chi connectivity index (χ3n) is 5.32. The van der Waals surface area contributed by atoms with Crippen molar-refractivity contribution in [1.82, 2.24) is 20.2 Å². The summed E-state index contributed by atoms with van der Waals surface area (Å²) in [4.78, 5) is 19.2. The van der Waals surface area contributed by atoms with Crippen LogP contribution < -0.4 is 0 Å². The largest absolute Gasteiger partial charge is 0.361 e. The van der Waals surface area contributed by atoms with Gasteiger partial charge in [0, 0.05) is 30.5 Å². The van der Waals surface area contributed by atoms with Crippen molar-refractivity contribution < 1.29 is 13.8 Å². The molecule has 0 bridgehead atoms. The molecular weight excluding hydrogens is 320 g/mol. The molecule has 1 aliphatic heterocycles. The molecule has 1 atom stereocenters. The molecule has 2 fully saturated rings. The van der Waals surface area contributed by atoms with Crippen molar-refractivity contribution in [3.05, 3.63) is 28.7 Å². The minimum absolute atomic E-state index is 0.156. The highest BCUT2D eigenvalue weighted by Gasteiger charge is 2.31. The first-order valence-electron chi connectivity index (χ1n) is 9.15. The van der Waals surface area contributed by atoms with E-state index >= 15 is 0 Å². The van der Waals surface area contributed by atoms with E-state index in [0.717, 1.165) is 73.8 Å². The van der Waals surface area contributed by atoms with E-state index in [9.17, 15) is 4.79 Å². The van der Waals surface area contributed by atoms with Gasteiger partial charge < -0.3 is 13.9 Å². The normalized spacial score (nSPS) is 20.4. The highest BCUT2D eigenvalue weighted by Crippen LogP contribution is 2.38. The molecule has 0 radical (unpaired) electrons. The van der Waals surface area contributed by atoms with Crippen LogP contribution in [0.25, 0.3) is 0 Å². The second kappa shape index (κ2) is 6.61. The molecule has 1 unspecified atom stereocenters. The van der Waals surface area contributed by atoms with Gasteiger partial charge in [-0.1, -0.05) is 10.3 Å². The Balaban J connectivity index is 1.35. The van der Waals surface area contributed by atoms with E-state index in [2.05, 4.69) is 15.3 Å². The van der Waals surface area contributed by atoms with E-state index < -0.39 is 0 Å². The van der Waals surface area contributed by atoms with E-state index in [1.807, 2.05) is 18.7 Å². The number of hydrogen-bond acceptors (Lipinski definition) is 6. The number of aryl methyl sites for hydroxylation is 3. The maximum atomic E-state index is 12.7. The molecule has 2 aliphatic rings. The first-order valence-corrected chi connectivity index (χ1v) is 9.15. The standard InChI is InChI=1S/C18H24N4O3/c1-11-15(12(2)24-20-11)10-17(23)22-9-3-4-14(22)7-8-16-19-18(25-21-16)13-5-6-13/h13-14H,3-10H2,1-2H3. The van der Waals surface area contributed by atoms with Crippen molar-refractivity contribution in [1.29, 1.82) is 0 Å². The third-order valence-corrected chi connectivity index (χ3v) is 5.32. The zero-order chi connectivity index (χ0) is 17.4. The molecule has 3 heterocycles. The topological polar surface area (TPSA) is 85.3 Å². The van der Waals surface area contributed by atoms with Crippen LogP contribution in [0.1, 0.15) is 66.8 Å². The van der Waals surface area contributed by atoms with Crippen LogP contribution in [0, 0.1) is 13.8 Å². The summed E-state index contributed by atoms with van der Waals surface area (Å²) >= 11 is 0. The van der Waals surface area contributed by atoms with Crippen molar-refractivity contribution in [3.63, 3.8) is 0 Å². The monoisotopic (exact) mass is 344 g/mol. The number of likely N-dealkylation sites (tertiary alicyclic amines) is 1. The van der Waals surface area contributed by atoms with E-state index in [1.54, 1.807) is 0 Å². The van der Waals surface area contributed by atoms with E-state index in [0.29, 0.717) is 12.3 Å². The van der Waals surface area contributed by atoms with Crippen LogP contribution in [0.3, 0.4) is 0 Å². The Morgan fingerprint density at radius 2 is 2.04 bits per heavy atom. The SMILES string of the molecule is Cc1noc(C)c1CC(=O)N1CCCC1CCc1noc(C2CC2)n1. The van der Waals surface area contributed by atoms with Gasteiger partial charge in [0.05, 0.1) is 12.1 Å². The van der Waals surface area contributed by atoms with Gasteiger partial charge in [-0.15, -0.1) is 0 Å². The molecule has 2 aromatic rings. The summed E-state index contributed by atoms with van der Waals surface area (Å²) in [5.74, 6) is 2.94. The average molecular weight is 344 g/mol. The molecule has 7 heteroatoms. The fraction of sp³-hybridized carbons (Fsp3) is 0.667. The fourth-order valence-electron chi connectivity index (χ4n) is 3.63. The van der Waals surface area contributed by atoms with Crippen molar-refractivity contribution in [2.75, 3.05) is 6.54 Å². The first-order chi connectivity index (χ1) is 12.1. The van der Waals surface area contributed by atoms with Crippen LogP contribution in [-0.4, -0.2) is 38.7 Å². The predicted molar refractivity (Wildman–Crippen MR) is 89.0 cm³/mol. The fourth-order valence-corrected chi connectivity index (χ4v) is 3.63. The molecule has 0 N–H and O–H groups in total. The molecular formula is C18H24N4O3. The molecule has 0 spiro atoms. The molecule has 7 nitrogen and oxygen atoms in total. The molecule has 0 aromatic carbocycles. The van der Waals surface area contributed by atoms with Crippen molar-refractivity contribution in [2.24, 2.45) is 0 Å². The van der Waals surface area contributed by atoms with Crippen molar-refractivity contribution in [3.8, 4) is 0 Å². The van der Waals surface area contributed by atoms with Crippen LogP contribution in [-0.2, 0) is 17.6 Å². The van der Waals surface area contributed by atoms with Gasteiger partial charge >= 0.3 is 0 Å². The lowest BCUT2D eigenvalue weighted by Gasteiger charge is -2.24. The summed E-state index contributed by atoms with van der Waals surface area (Å²) in [5.41, 5.74) is 1.73. The quantitative estimate of drug-likeness (QED) is 0.801. The van der Waals surface area contributed by atoms with Crippen LogP contribution in [0.2, 0.25) is 0 Å². The van der Waals surface area contributed by atoms with Gasteiger partial charge in [-0.25, -0.2) is 0 Å². The van der Waals surface area contributed by atoms with Gasteiger partial charge in [0.1, 0.15) is 5.76 Å². The summed E-state index contributed by atoms with van der Waals surface area (Å²) in [5, 5.41) is 8.02. The summed E-state index contributed by atoms with van der Waals surface area (Å²) in [6.45, 7) is 4.57. The second-order valence-electron chi connectivity index (χ2n) is 7.22. The summed E-state index contributed by atoms with van der Waals surface area (Å²) in [7, 11) is 0. The molecule has 134 valence electrons. The number of carbonyl (C=O) groups excluding carboxylic acids is 1. The van der Waals surface area contributed by atoms with Gasteiger partial charge in [0.2, 0.25) is 11.8 Å². The Bertz CT molecular complexity index is 743. The van der Waals surface area contributed by atoms with Crippen LogP contribution in [0.15, 0.2) is 9.05 Å². The van der Waals surface area contributed by atoms with E-state index in [1.165, 1.54) is 0 Å². The molecule has 25 heavy (non-hydrogen) atoms. The number of hydrogen-bond donors (Lipinski definition) is 0. The van der Waals surface area contributed by atoms with Gasteiger partial charge in [0.15, 0.2) is 5.82 Å². The minimum Gasteiger partial charge on any atom is -0.361 e. The first kappa shape index (κ1) is 16.3. The molecule has 1 saturated heterocycles.